The van der Waals surface area contributed by atoms with Crippen LogP contribution in [0, 0.1) is 11.6 Å². The first kappa shape index (κ1) is 14.2. The molecule has 18 heavy (non-hydrogen) atoms. The van der Waals surface area contributed by atoms with Crippen molar-refractivity contribution < 1.29 is 13.6 Å². The molecule has 0 spiro atoms. The van der Waals surface area contributed by atoms with E-state index in [0.717, 1.165) is 6.07 Å². The van der Waals surface area contributed by atoms with Gasteiger partial charge < -0.3 is 16.4 Å². The van der Waals surface area contributed by atoms with Crippen LogP contribution in [0.3, 0.4) is 0 Å². The Balaban J connectivity index is 2.70. The van der Waals surface area contributed by atoms with Crippen LogP contribution in [-0.2, 0) is 4.79 Å². The van der Waals surface area contributed by atoms with E-state index in [4.69, 9.17) is 5.73 Å². The summed E-state index contributed by atoms with van der Waals surface area (Å²) in [6.07, 6.45) is 0. The lowest BCUT2D eigenvalue weighted by atomic mass is 10.1. The molecule has 0 fully saturated rings. The van der Waals surface area contributed by atoms with Crippen LogP contribution in [0.2, 0.25) is 0 Å². The van der Waals surface area contributed by atoms with E-state index in [9.17, 15) is 13.6 Å². The second-order valence-electron chi connectivity index (χ2n) is 4.98. The molecule has 0 saturated heterocycles. The summed E-state index contributed by atoms with van der Waals surface area (Å²) < 4.78 is 26.4. The molecule has 4 nitrogen and oxygen atoms in total. The molecular formula is C12H17F2N3O. The normalized spacial score (nSPS) is 11.2. The standard InChI is InChI=1S/C12H17F2N3O/c1-12(2,3)17-9(18)6-16-11-8(15)5-4-7(13)10(11)14/h4-5,16H,6,15H2,1-3H3,(H,17,18). The molecule has 0 aliphatic heterocycles. The third-order valence-corrected chi connectivity index (χ3v) is 2.07. The van der Waals surface area contributed by atoms with E-state index in [0.29, 0.717) is 0 Å². The Morgan fingerprint density at radius 2 is 1.94 bits per heavy atom. The molecule has 1 amide bonds. The lowest BCUT2D eigenvalue weighted by molar-refractivity contribution is -0.120. The van der Waals surface area contributed by atoms with Gasteiger partial charge in [0, 0.05) is 5.54 Å². The maximum atomic E-state index is 13.4. The number of carbonyl (C=O) groups excluding carboxylic acids is 1. The minimum absolute atomic E-state index is 0.0532. The Kier molecular flexibility index (Phi) is 4.11. The molecule has 0 saturated carbocycles. The number of rotatable bonds is 3. The molecule has 0 bridgehead atoms. The van der Waals surface area contributed by atoms with E-state index >= 15 is 0 Å². The molecule has 4 N–H and O–H groups in total. The van der Waals surface area contributed by atoms with E-state index in [-0.39, 0.29) is 29.4 Å². The highest BCUT2D eigenvalue weighted by Gasteiger charge is 2.16. The highest BCUT2D eigenvalue weighted by molar-refractivity contribution is 5.82. The molecule has 0 atom stereocenters. The van der Waals surface area contributed by atoms with Crippen molar-refractivity contribution in [2.75, 3.05) is 17.6 Å². The lowest BCUT2D eigenvalue weighted by Crippen LogP contribution is -2.43. The van der Waals surface area contributed by atoms with Crippen LogP contribution < -0.4 is 16.4 Å². The van der Waals surface area contributed by atoms with Gasteiger partial charge >= 0.3 is 0 Å². The van der Waals surface area contributed by atoms with E-state index in [1.807, 2.05) is 20.8 Å². The molecule has 0 radical (unpaired) electrons. The second-order valence-corrected chi connectivity index (χ2v) is 4.98. The van der Waals surface area contributed by atoms with Crippen LogP contribution >= 0.6 is 0 Å². The van der Waals surface area contributed by atoms with Crippen LogP contribution in [0.1, 0.15) is 20.8 Å². The Labute approximate surface area is 105 Å². The summed E-state index contributed by atoms with van der Waals surface area (Å²) in [6.45, 7) is 5.29. The number of benzene rings is 1. The Hall–Kier alpha value is -1.85. The summed E-state index contributed by atoms with van der Waals surface area (Å²) in [5.41, 5.74) is 4.98. The van der Waals surface area contributed by atoms with Gasteiger partial charge in [-0.15, -0.1) is 0 Å². The number of nitrogen functional groups attached to an aromatic ring is 1. The molecular weight excluding hydrogens is 240 g/mol. The number of nitrogens with one attached hydrogen (secondary N) is 2. The van der Waals surface area contributed by atoms with Crippen molar-refractivity contribution in [2.45, 2.75) is 26.3 Å². The maximum Gasteiger partial charge on any atom is 0.239 e. The molecule has 6 heteroatoms. The quantitative estimate of drug-likeness (QED) is 0.724. The molecule has 100 valence electrons. The Morgan fingerprint density at radius 3 is 2.50 bits per heavy atom. The average Bonchev–Trinajstić information content (AvgIpc) is 2.21. The number of amides is 1. The first-order valence-electron chi connectivity index (χ1n) is 5.49. The fraction of sp³-hybridized carbons (Fsp3) is 0.417. The summed E-state index contributed by atoms with van der Waals surface area (Å²) in [6, 6.07) is 2.17. The zero-order chi connectivity index (χ0) is 13.9. The number of carbonyl (C=O) groups is 1. The Bertz CT molecular complexity index is 455. The Morgan fingerprint density at radius 1 is 1.33 bits per heavy atom. The summed E-state index contributed by atoms with van der Waals surface area (Å²) in [7, 11) is 0. The van der Waals surface area contributed by atoms with Gasteiger partial charge in [-0.05, 0) is 32.9 Å². The summed E-state index contributed by atoms with van der Waals surface area (Å²) >= 11 is 0. The SMILES string of the molecule is CC(C)(C)NC(=O)CNc1c(N)ccc(F)c1F. The summed E-state index contributed by atoms with van der Waals surface area (Å²) in [5, 5.41) is 5.18. The fourth-order valence-electron chi connectivity index (χ4n) is 1.38. The highest BCUT2D eigenvalue weighted by Crippen LogP contribution is 2.24. The predicted octanol–water partition coefficient (Wildman–Crippen LogP) is 1.87. The lowest BCUT2D eigenvalue weighted by Gasteiger charge is -2.21. The van der Waals surface area contributed by atoms with Crippen molar-refractivity contribution in [1.82, 2.24) is 5.32 Å². The highest BCUT2D eigenvalue weighted by atomic mass is 19.2. The molecule has 0 aromatic heterocycles. The van der Waals surface area contributed by atoms with Gasteiger partial charge in [0.1, 0.15) is 0 Å². The van der Waals surface area contributed by atoms with Crippen LogP contribution in [0.15, 0.2) is 12.1 Å². The van der Waals surface area contributed by atoms with Crippen molar-refractivity contribution in [2.24, 2.45) is 0 Å². The van der Waals surface area contributed by atoms with Gasteiger partial charge in [-0.2, -0.15) is 0 Å². The van der Waals surface area contributed by atoms with E-state index in [1.165, 1.54) is 6.07 Å². The fourth-order valence-corrected chi connectivity index (χ4v) is 1.38. The van der Waals surface area contributed by atoms with Gasteiger partial charge in [-0.25, -0.2) is 8.78 Å². The van der Waals surface area contributed by atoms with E-state index in [1.54, 1.807) is 0 Å². The molecule has 0 unspecified atom stereocenters. The number of nitrogens with two attached hydrogens (primary N) is 1. The number of anilines is 2. The number of hydrogen-bond acceptors (Lipinski definition) is 3. The predicted molar refractivity (Wildman–Crippen MR) is 67.2 cm³/mol. The average molecular weight is 257 g/mol. The van der Waals surface area contributed by atoms with Crippen LogP contribution in [-0.4, -0.2) is 18.0 Å². The second kappa shape index (κ2) is 5.20. The van der Waals surface area contributed by atoms with Crippen molar-refractivity contribution in [3.8, 4) is 0 Å². The van der Waals surface area contributed by atoms with E-state index in [2.05, 4.69) is 10.6 Å². The summed E-state index contributed by atoms with van der Waals surface area (Å²) in [5.74, 6) is -2.42. The molecule has 1 rings (SSSR count). The van der Waals surface area contributed by atoms with Crippen molar-refractivity contribution in [3.05, 3.63) is 23.8 Å². The monoisotopic (exact) mass is 257 g/mol. The molecule has 1 aromatic carbocycles. The van der Waals surface area contributed by atoms with Crippen LogP contribution in [0.5, 0.6) is 0 Å². The molecule has 0 aliphatic carbocycles. The molecule has 0 aliphatic rings. The third-order valence-electron chi connectivity index (χ3n) is 2.07. The van der Waals surface area contributed by atoms with Gasteiger partial charge in [0.15, 0.2) is 11.6 Å². The van der Waals surface area contributed by atoms with Gasteiger partial charge in [-0.1, -0.05) is 0 Å². The minimum atomic E-state index is -1.08. The zero-order valence-electron chi connectivity index (χ0n) is 10.6. The van der Waals surface area contributed by atoms with Gasteiger partial charge in [0.25, 0.3) is 0 Å². The number of hydrogen-bond donors (Lipinski definition) is 3. The van der Waals surface area contributed by atoms with Crippen LogP contribution in [0.25, 0.3) is 0 Å². The smallest absolute Gasteiger partial charge is 0.239 e. The zero-order valence-corrected chi connectivity index (χ0v) is 10.6. The van der Waals surface area contributed by atoms with Gasteiger partial charge in [-0.3, -0.25) is 4.79 Å². The topological polar surface area (TPSA) is 67.2 Å². The third kappa shape index (κ3) is 3.87. The molecule has 1 aromatic rings. The first-order valence-corrected chi connectivity index (χ1v) is 5.49. The van der Waals surface area contributed by atoms with Crippen molar-refractivity contribution in [1.29, 1.82) is 0 Å². The van der Waals surface area contributed by atoms with Gasteiger partial charge in [0.2, 0.25) is 5.91 Å². The van der Waals surface area contributed by atoms with Crippen LogP contribution in [0.4, 0.5) is 20.2 Å². The minimum Gasteiger partial charge on any atom is -0.397 e. The van der Waals surface area contributed by atoms with Crippen molar-refractivity contribution >= 4 is 17.3 Å². The largest absolute Gasteiger partial charge is 0.397 e. The van der Waals surface area contributed by atoms with Gasteiger partial charge in [0.05, 0.1) is 17.9 Å². The van der Waals surface area contributed by atoms with Crippen molar-refractivity contribution in [3.63, 3.8) is 0 Å². The molecule has 0 heterocycles. The first-order chi connectivity index (χ1) is 8.20. The van der Waals surface area contributed by atoms with E-state index < -0.39 is 11.6 Å². The number of halogens is 2. The maximum absolute atomic E-state index is 13.4. The summed E-state index contributed by atoms with van der Waals surface area (Å²) in [4.78, 5) is 11.5.